The molecule has 118 valence electrons. The molecule has 3 aromatic carbocycles. The van der Waals surface area contributed by atoms with Gasteiger partial charge in [0.05, 0.1) is 0 Å². The van der Waals surface area contributed by atoms with E-state index in [0.717, 1.165) is 22.4 Å². The third kappa shape index (κ3) is 2.81. The molecule has 0 amide bonds. The Morgan fingerprint density at radius 2 is 1.58 bits per heavy atom. The molecule has 1 heterocycles. The highest BCUT2D eigenvalue weighted by Gasteiger charge is 2.12. The largest absolute Gasteiger partial charge is 0.274 e. The van der Waals surface area contributed by atoms with Gasteiger partial charge in [-0.05, 0) is 35.4 Å². The van der Waals surface area contributed by atoms with Crippen LogP contribution in [0.2, 0.25) is 0 Å². The number of nitrogens with zero attached hydrogens (tertiary/aromatic N) is 3. The first kappa shape index (κ1) is 15.0. The van der Waals surface area contributed by atoms with Crippen LogP contribution in [-0.2, 0) is 5.75 Å². The molecule has 0 aliphatic heterocycles. The molecule has 0 fully saturated rings. The highest BCUT2D eigenvalue weighted by atomic mass is 32.2. The second-order valence-corrected chi connectivity index (χ2v) is 6.57. The molecule has 0 bridgehead atoms. The molecule has 0 unspecified atom stereocenters. The summed E-state index contributed by atoms with van der Waals surface area (Å²) in [5.41, 5.74) is 2.42. The Bertz CT molecular complexity index is 971. The van der Waals surface area contributed by atoms with Gasteiger partial charge in [0.1, 0.15) is 5.82 Å². The van der Waals surface area contributed by atoms with Gasteiger partial charge in [-0.25, -0.2) is 0 Å². The van der Waals surface area contributed by atoms with Crippen LogP contribution in [0, 0.1) is 6.92 Å². The molecule has 0 N–H and O–H groups in total. The normalized spacial score (nSPS) is 11.0. The Balaban J connectivity index is 1.65. The standard InChI is InChI=1S/C20H17N3S/c1-15-21-22-20(23(15)18-11-3-2-4-12-18)24-14-17-10-7-9-16-8-5-6-13-19(16)17/h2-13H,14H2,1H3. The number of fused-ring (bicyclic) bond motifs is 1. The second-order valence-electron chi connectivity index (χ2n) is 5.63. The van der Waals surface area contributed by atoms with Crippen molar-refractivity contribution in [3.63, 3.8) is 0 Å². The maximum atomic E-state index is 4.36. The lowest BCUT2D eigenvalue weighted by Gasteiger charge is -2.09. The lowest BCUT2D eigenvalue weighted by atomic mass is 10.1. The lowest BCUT2D eigenvalue weighted by molar-refractivity contribution is 0.868. The Morgan fingerprint density at radius 1 is 0.833 bits per heavy atom. The molecular weight excluding hydrogens is 314 g/mol. The number of aromatic nitrogens is 3. The van der Waals surface area contributed by atoms with Gasteiger partial charge in [0.25, 0.3) is 0 Å². The number of para-hydroxylation sites is 1. The summed E-state index contributed by atoms with van der Waals surface area (Å²) in [5, 5.41) is 12.1. The Morgan fingerprint density at radius 3 is 2.46 bits per heavy atom. The SMILES string of the molecule is Cc1nnc(SCc2cccc3ccccc23)n1-c1ccccc1. The van der Waals surface area contributed by atoms with E-state index in [1.807, 2.05) is 25.1 Å². The predicted molar refractivity (Wildman–Crippen MR) is 99.6 cm³/mol. The third-order valence-corrected chi connectivity index (χ3v) is 5.02. The van der Waals surface area contributed by atoms with Crippen LogP contribution in [0.5, 0.6) is 0 Å². The Hall–Kier alpha value is -2.59. The minimum absolute atomic E-state index is 0.867. The molecule has 0 saturated heterocycles. The van der Waals surface area contributed by atoms with Crippen LogP contribution in [0.1, 0.15) is 11.4 Å². The average Bonchev–Trinajstić information content (AvgIpc) is 3.01. The molecule has 4 heteroatoms. The third-order valence-electron chi connectivity index (χ3n) is 4.05. The van der Waals surface area contributed by atoms with E-state index in [4.69, 9.17) is 0 Å². The van der Waals surface area contributed by atoms with E-state index < -0.39 is 0 Å². The molecule has 0 aliphatic rings. The molecule has 0 atom stereocenters. The molecule has 24 heavy (non-hydrogen) atoms. The van der Waals surface area contributed by atoms with Crippen molar-refractivity contribution in [2.24, 2.45) is 0 Å². The van der Waals surface area contributed by atoms with Gasteiger partial charge in [0, 0.05) is 11.4 Å². The summed E-state index contributed by atoms with van der Waals surface area (Å²) >= 11 is 1.72. The van der Waals surface area contributed by atoms with Gasteiger partial charge in [0.15, 0.2) is 5.16 Å². The summed E-state index contributed by atoms with van der Waals surface area (Å²) in [5.74, 6) is 1.77. The number of rotatable bonds is 4. The molecular formula is C20H17N3S. The van der Waals surface area contributed by atoms with Crippen molar-refractivity contribution in [2.75, 3.05) is 0 Å². The molecule has 3 nitrogen and oxygen atoms in total. The van der Waals surface area contributed by atoms with E-state index >= 15 is 0 Å². The predicted octanol–water partition coefficient (Wildman–Crippen LogP) is 5.02. The number of hydrogen-bond donors (Lipinski definition) is 0. The number of hydrogen-bond acceptors (Lipinski definition) is 3. The summed E-state index contributed by atoms with van der Waals surface area (Å²) in [7, 11) is 0. The van der Waals surface area contributed by atoms with E-state index in [0.29, 0.717) is 0 Å². The summed E-state index contributed by atoms with van der Waals surface area (Å²) in [6, 6.07) is 25.2. The van der Waals surface area contributed by atoms with Crippen LogP contribution < -0.4 is 0 Å². The van der Waals surface area contributed by atoms with Crippen LogP contribution in [0.15, 0.2) is 78.0 Å². The molecule has 1 aromatic heterocycles. The lowest BCUT2D eigenvalue weighted by Crippen LogP contribution is -1.99. The number of aryl methyl sites for hydroxylation is 1. The van der Waals surface area contributed by atoms with Crippen LogP contribution in [-0.4, -0.2) is 14.8 Å². The molecule has 4 rings (SSSR count). The average molecular weight is 331 g/mol. The summed E-state index contributed by atoms with van der Waals surface area (Å²) in [6.45, 7) is 1.99. The van der Waals surface area contributed by atoms with Crippen molar-refractivity contribution in [1.29, 1.82) is 0 Å². The second kappa shape index (κ2) is 6.49. The van der Waals surface area contributed by atoms with E-state index in [2.05, 4.69) is 69.4 Å². The smallest absolute Gasteiger partial charge is 0.196 e. The fourth-order valence-electron chi connectivity index (χ4n) is 2.87. The van der Waals surface area contributed by atoms with Crippen molar-refractivity contribution in [1.82, 2.24) is 14.8 Å². The summed E-state index contributed by atoms with van der Waals surface area (Å²) in [4.78, 5) is 0. The van der Waals surface area contributed by atoms with Crippen molar-refractivity contribution >= 4 is 22.5 Å². The van der Waals surface area contributed by atoms with Crippen LogP contribution in [0.3, 0.4) is 0 Å². The zero-order valence-electron chi connectivity index (χ0n) is 13.4. The highest BCUT2D eigenvalue weighted by molar-refractivity contribution is 7.98. The van der Waals surface area contributed by atoms with E-state index in [1.165, 1.54) is 16.3 Å². The van der Waals surface area contributed by atoms with Gasteiger partial charge in [-0.3, -0.25) is 4.57 Å². The Kier molecular flexibility index (Phi) is 4.05. The van der Waals surface area contributed by atoms with Gasteiger partial charge in [-0.1, -0.05) is 72.4 Å². The van der Waals surface area contributed by atoms with Gasteiger partial charge in [-0.2, -0.15) is 0 Å². The zero-order chi connectivity index (χ0) is 16.4. The van der Waals surface area contributed by atoms with E-state index in [-0.39, 0.29) is 0 Å². The first-order chi connectivity index (χ1) is 11.8. The molecule has 0 spiro atoms. The zero-order valence-corrected chi connectivity index (χ0v) is 14.2. The number of benzene rings is 3. The van der Waals surface area contributed by atoms with Crippen molar-refractivity contribution in [3.8, 4) is 5.69 Å². The fourth-order valence-corrected chi connectivity index (χ4v) is 3.87. The van der Waals surface area contributed by atoms with E-state index in [1.54, 1.807) is 11.8 Å². The Labute approximate surface area is 145 Å². The summed E-state index contributed by atoms with van der Waals surface area (Å²) < 4.78 is 2.11. The van der Waals surface area contributed by atoms with Gasteiger partial charge in [0.2, 0.25) is 0 Å². The van der Waals surface area contributed by atoms with Crippen molar-refractivity contribution < 1.29 is 0 Å². The van der Waals surface area contributed by atoms with Crippen LogP contribution >= 0.6 is 11.8 Å². The van der Waals surface area contributed by atoms with Crippen LogP contribution in [0.25, 0.3) is 16.5 Å². The van der Waals surface area contributed by atoms with Gasteiger partial charge >= 0.3 is 0 Å². The minimum Gasteiger partial charge on any atom is -0.274 e. The maximum Gasteiger partial charge on any atom is 0.196 e. The quantitative estimate of drug-likeness (QED) is 0.492. The van der Waals surface area contributed by atoms with Gasteiger partial charge in [-0.15, -0.1) is 10.2 Å². The van der Waals surface area contributed by atoms with Crippen molar-refractivity contribution in [3.05, 3.63) is 84.2 Å². The fraction of sp³-hybridized carbons (Fsp3) is 0.100. The minimum atomic E-state index is 0.867. The maximum absolute atomic E-state index is 4.36. The van der Waals surface area contributed by atoms with Crippen molar-refractivity contribution in [2.45, 2.75) is 17.8 Å². The van der Waals surface area contributed by atoms with Gasteiger partial charge < -0.3 is 0 Å². The topological polar surface area (TPSA) is 30.7 Å². The summed E-state index contributed by atoms with van der Waals surface area (Å²) in [6.07, 6.45) is 0. The molecule has 0 radical (unpaired) electrons. The van der Waals surface area contributed by atoms with E-state index in [9.17, 15) is 0 Å². The highest BCUT2D eigenvalue weighted by Crippen LogP contribution is 2.28. The monoisotopic (exact) mass is 331 g/mol. The molecule has 4 aromatic rings. The molecule has 0 aliphatic carbocycles. The van der Waals surface area contributed by atoms with Crippen LogP contribution in [0.4, 0.5) is 0 Å². The number of thioether (sulfide) groups is 1. The first-order valence-corrected chi connectivity index (χ1v) is 8.88. The first-order valence-electron chi connectivity index (χ1n) is 7.90. The molecule has 0 saturated carbocycles.